The van der Waals surface area contributed by atoms with Crippen molar-refractivity contribution >= 4 is 12.0 Å². The van der Waals surface area contributed by atoms with Gasteiger partial charge in [-0.05, 0) is 36.8 Å². The van der Waals surface area contributed by atoms with Crippen LogP contribution in [0.2, 0.25) is 0 Å². The van der Waals surface area contributed by atoms with E-state index < -0.39 is 29.8 Å². The van der Waals surface area contributed by atoms with Gasteiger partial charge in [0.05, 0.1) is 18.1 Å². The van der Waals surface area contributed by atoms with Crippen LogP contribution in [0.5, 0.6) is 0 Å². The van der Waals surface area contributed by atoms with Gasteiger partial charge in [0, 0.05) is 19.6 Å². The van der Waals surface area contributed by atoms with Crippen LogP contribution in [0.25, 0.3) is 0 Å². The quantitative estimate of drug-likeness (QED) is 0.512. The minimum absolute atomic E-state index is 0.0157. The lowest BCUT2D eigenvalue weighted by Crippen LogP contribution is -2.54. The summed E-state index contributed by atoms with van der Waals surface area (Å²) >= 11 is 0. The number of nitrogens with zero attached hydrogens (tertiary/aromatic N) is 2. The first kappa shape index (κ1) is 26.9. The molecule has 0 radical (unpaired) electrons. The number of hydrogen-bond donors (Lipinski definition) is 1. The van der Waals surface area contributed by atoms with Gasteiger partial charge in [0.15, 0.2) is 0 Å². The van der Waals surface area contributed by atoms with Gasteiger partial charge in [0.1, 0.15) is 5.60 Å². The lowest BCUT2D eigenvalue weighted by molar-refractivity contribution is -0.141. The zero-order valence-electron chi connectivity index (χ0n) is 21.8. The first-order chi connectivity index (χ1) is 16.5. The molecule has 2 amide bonds. The third-order valence-electron chi connectivity index (χ3n) is 6.77. The normalized spacial score (nSPS) is 19.3. The Morgan fingerprint density at radius 3 is 1.89 bits per heavy atom. The number of carbonyl (C=O) groups is 2. The molecule has 2 aromatic carbocycles. The lowest BCUT2D eigenvalue weighted by atomic mass is 9.86. The molecule has 1 aliphatic heterocycles. The summed E-state index contributed by atoms with van der Waals surface area (Å²) in [7, 11) is 0. The van der Waals surface area contributed by atoms with E-state index in [0.717, 1.165) is 11.1 Å². The summed E-state index contributed by atoms with van der Waals surface area (Å²) in [6, 6.07) is 19.8. The molecule has 2 aromatic rings. The number of ether oxygens (including phenoxy) is 1. The molecule has 1 saturated heterocycles. The van der Waals surface area contributed by atoms with Crippen molar-refractivity contribution in [3.05, 3.63) is 71.8 Å². The third-order valence-corrected chi connectivity index (χ3v) is 6.77. The van der Waals surface area contributed by atoms with Gasteiger partial charge in [0.25, 0.3) is 0 Å². The zero-order valence-corrected chi connectivity index (χ0v) is 21.8. The van der Waals surface area contributed by atoms with Crippen LogP contribution >= 0.6 is 0 Å². The number of carbonyl (C=O) groups excluding carboxylic acids is 2. The largest absolute Gasteiger partial charge is 0.441 e. The number of benzene rings is 2. The molecule has 0 aliphatic carbocycles. The van der Waals surface area contributed by atoms with Gasteiger partial charge in [-0.25, -0.2) is 9.69 Å². The Labute approximate surface area is 209 Å². The molecule has 0 aromatic heterocycles. The number of hydrogen-bond acceptors (Lipinski definition) is 5. The highest BCUT2D eigenvalue weighted by atomic mass is 16.6. The van der Waals surface area contributed by atoms with Crippen molar-refractivity contribution in [2.24, 2.45) is 17.8 Å². The monoisotopic (exact) mass is 480 g/mol. The Bertz CT molecular complexity index is 933. The van der Waals surface area contributed by atoms with Gasteiger partial charge >= 0.3 is 6.09 Å². The van der Waals surface area contributed by atoms with Crippen LogP contribution in [0.1, 0.15) is 52.7 Å². The molecule has 1 heterocycles. The summed E-state index contributed by atoms with van der Waals surface area (Å²) in [5.41, 5.74) is 1.45. The van der Waals surface area contributed by atoms with E-state index in [1.807, 2.05) is 77.9 Å². The highest BCUT2D eigenvalue weighted by Gasteiger charge is 2.53. The van der Waals surface area contributed by atoms with Crippen LogP contribution < -0.4 is 0 Å². The molecule has 1 aliphatic rings. The number of aliphatic hydroxyl groups is 1. The molecule has 35 heavy (non-hydrogen) atoms. The minimum Gasteiger partial charge on any atom is -0.441 e. The molecule has 3 atom stereocenters. The second kappa shape index (κ2) is 11.4. The number of amides is 2. The fourth-order valence-corrected chi connectivity index (χ4v) is 5.21. The Morgan fingerprint density at radius 2 is 1.46 bits per heavy atom. The van der Waals surface area contributed by atoms with Gasteiger partial charge in [-0.1, -0.05) is 88.4 Å². The second-order valence-corrected chi connectivity index (χ2v) is 10.9. The van der Waals surface area contributed by atoms with Crippen LogP contribution in [-0.2, 0) is 22.6 Å². The van der Waals surface area contributed by atoms with Crippen molar-refractivity contribution < 1.29 is 19.4 Å². The van der Waals surface area contributed by atoms with Crippen molar-refractivity contribution in [1.82, 2.24) is 9.80 Å². The average Bonchev–Trinajstić information content (AvgIpc) is 3.05. The summed E-state index contributed by atoms with van der Waals surface area (Å²) < 4.78 is 5.61. The molecule has 0 bridgehead atoms. The van der Waals surface area contributed by atoms with E-state index >= 15 is 0 Å². The van der Waals surface area contributed by atoms with Crippen molar-refractivity contribution in [2.75, 3.05) is 6.54 Å². The van der Waals surface area contributed by atoms with Gasteiger partial charge in [-0.2, -0.15) is 0 Å². The Balaban J connectivity index is 1.94. The Morgan fingerprint density at radius 1 is 0.971 bits per heavy atom. The van der Waals surface area contributed by atoms with Crippen LogP contribution in [0.4, 0.5) is 4.79 Å². The van der Waals surface area contributed by atoms with Gasteiger partial charge < -0.3 is 9.84 Å². The van der Waals surface area contributed by atoms with E-state index in [1.165, 1.54) is 4.90 Å². The van der Waals surface area contributed by atoms with Crippen molar-refractivity contribution in [3.8, 4) is 0 Å². The lowest BCUT2D eigenvalue weighted by Gasteiger charge is -2.36. The summed E-state index contributed by atoms with van der Waals surface area (Å²) in [6.45, 7) is 13.0. The molecule has 0 unspecified atom stereocenters. The van der Waals surface area contributed by atoms with Crippen molar-refractivity contribution in [3.63, 3.8) is 0 Å². The van der Waals surface area contributed by atoms with E-state index in [1.54, 1.807) is 0 Å². The number of aliphatic hydroxyl groups excluding tert-OH is 1. The number of cyclic esters (lactones) is 1. The molecular weight excluding hydrogens is 440 g/mol. The maximum Gasteiger partial charge on any atom is 0.417 e. The van der Waals surface area contributed by atoms with E-state index in [2.05, 4.69) is 29.2 Å². The highest BCUT2D eigenvalue weighted by Crippen LogP contribution is 2.36. The first-order valence-electron chi connectivity index (χ1n) is 12.6. The second-order valence-electron chi connectivity index (χ2n) is 10.9. The molecule has 1 fully saturated rings. The van der Waals surface area contributed by atoms with Crippen LogP contribution in [0, 0.1) is 17.8 Å². The molecule has 6 heteroatoms. The number of imide groups is 1. The topological polar surface area (TPSA) is 70.1 Å². The van der Waals surface area contributed by atoms with E-state index in [9.17, 15) is 14.7 Å². The maximum absolute atomic E-state index is 14.0. The van der Waals surface area contributed by atoms with Crippen LogP contribution in [0.15, 0.2) is 60.7 Å². The summed E-state index contributed by atoms with van der Waals surface area (Å²) in [5.74, 6) is -1.28. The van der Waals surface area contributed by atoms with Crippen LogP contribution in [0.3, 0.4) is 0 Å². The number of rotatable bonds is 10. The van der Waals surface area contributed by atoms with Crippen molar-refractivity contribution in [2.45, 2.75) is 72.4 Å². The average molecular weight is 481 g/mol. The molecule has 0 saturated carbocycles. The Hall–Kier alpha value is -2.70. The van der Waals surface area contributed by atoms with Crippen LogP contribution in [-0.4, -0.2) is 51.2 Å². The van der Waals surface area contributed by atoms with E-state index in [0.29, 0.717) is 19.6 Å². The highest BCUT2D eigenvalue weighted by molar-refractivity contribution is 5.95. The molecule has 1 N–H and O–H groups in total. The summed E-state index contributed by atoms with van der Waals surface area (Å²) in [4.78, 5) is 30.3. The van der Waals surface area contributed by atoms with Gasteiger partial charge in [-0.15, -0.1) is 0 Å². The Kier molecular flexibility index (Phi) is 8.73. The van der Waals surface area contributed by atoms with Crippen molar-refractivity contribution in [1.29, 1.82) is 0 Å². The summed E-state index contributed by atoms with van der Waals surface area (Å²) in [6.07, 6.45) is -1.53. The SMILES string of the molecule is CC(C)[C@@H](O)[C@H](CN(Cc1ccccc1)Cc1ccccc1)C(=O)N1C(=O)OC(C)(C)[C@@H]1C(C)C. The van der Waals surface area contributed by atoms with E-state index in [4.69, 9.17) is 4.74 Å². The third kappa shape index (κ3) is 6.50. The predicted octanol–water partition coefficient (Wildman–Crippen LogP) is 5.10. The molecule has 3 rings (SSSR count). The predicted molar refractivity (Wildman–Crippen MR) is 137 cm³/mol. The zero-order chi connectivity index (χ0) is 25.8. The van der Waals surface area contributed by atoms with Gasteiger partial charge in [-0.3, -0.25) is 9.69 Å². The molecule has 0 spiro atoms. The van der Waals surface area contributed by atoms with Gasteiger partial charge in [0.2, 0.25) is 5.91 Å². The summed E-state index contributed by atoms with van der Waals surface area (Å²) in [5, 5.41) is 11.2. The maximum atomic E-state index is 14.0. The molecular formula is C29H40N2O4. The minimum atomic E-state index is -0.902. The van der Waals surface area contributed by atoms with E-state index in [-0.39, 0.29) is 17.7 Å². The molecule has 6 nitrogen and oxygen atoms in total. The fraction of sp³-hybridized carbons (Fsp3) is 0.517. The molecule has 190 valence electrons. The smallest absolute Gasteiger partial charge is 0.417 e. The standard InChI is InChI=1S/C29H40N2O4/c1-20(2)25(32)24(27(33)31-26(21(3)4)29(5,6)35-28(31)34)19-30(17-22-13-9-7-10-14-22)18-23-15-11-8-12-16-23/h7-16,20-21,24-26,32H,17-19H2,1-6H3/t24-,25+,26-/m0/s1. The fourth-order valence-electron chi connectivity index (χ4n) is 5.21. The first-order valence-corrected chi connectivity index (χ1v) is 12.6.